The molecule has 0 bridgehead atoms. The molecule has 338 valence electrons. The number of ether oxygens (including phenoxy) is 3. The Morgan fingerprint density at radius 2 is 0.800 bits per heavy atom. The van der Waals surface area contributed by atoms with E-state index < -0.39 is 6.10 Å². The normalized spacial score (nSPS) is 13.3. The lowest BCUT2D eigenvalue weighted by Gasteiger charge is -2.18. The Hall–Kier alpha value is -3.70. The molecule has 0 saturated carbocycles. The van der Waals surface area contributed by atoms with Gasteiger partial charge in [-0.15, -0.1) is 0 Å². The molecular weight excluding hydrogens is 741 g/mol. The van der Waals surface area contributed by atoms with Crippen molar-refractivity contribution in [2.45, 2.75) is 194 Å². The van der Waals surface area contributed by atoms with Gasteiger partial charge in [0.15, 0.2) is 6.10 Å². The molecule has 0 aliphatic rings. The van der Waals surface area contributed by atoms with Gasteiger partial charge < -0.3 is 14.2 Å². The summed E-state index contributed by atoms with van der Waals surface area (Å²) in [6.45, 7) is 7.36. The lowest BCUT2D eigenvalue weighted by molar-refractivity contribution is -0.162. The van der Waals surface area contributed by atoms with Crippen LogP contribution in [-0.2, 0) is 23.8 Å². The molecule has 0 aliphatic carbocycles. The minimum atomic E-state index is -0.603. The fourth-order valence-corrected chi connectivity index (χ4v) is 6.02. The number of esters is 2. The fraction of sp³-hybridized carbons (Fsp3) is 0.600. The lowest BCUT2D eigenvalue weighted by Crippen LogP contribution is -2.30. The Bertz CT molecular complexity index is 1260. The molecule has 0 aromatic heterocycles. The maximum absolute atomic E-state index is 12.7. The summed E-state index contributed by atoms with van der Waals surface area (Å²) in [5.74, 6) is -0.577. The van der Waals surface area contributed by atoms with E-state index in [9.17, 15) is 9.59 Å². The Labute approximate surface area is 369 Å². The van der Waals surface area contributed by atoms with Crippen LogP contribution in [0.3, 0.4) is 0 Å². The molecule has 0 aromatic carbocycles. The Kier molecular flexibility index (Phi) is 46.6. The second-order valence-electron chi connectivity index (χ2n) is 15.3. The summed E-state index contributed by atoms with van der Waals surface area (Å²) in [5, 5.41) is 0. The largest absolute Gasteiger partial charge is 0.461 e. The lowest BCUT2D eigenvalue weighted by atomic mass is 10.1. The van der Waals surface area contributed by atoms with E-state index in [1.807, 2.05) is 12.2 Å². The van der Waals surface area contributed by atoms with Crippen molar-refractivity contribution in [3.05, 3.63) is 122 Å². The van der Waals surface area contributed by atoms with Crippen LogP contribution < -0.4 is 0 Å². The van der Waals surface area contributed by atoms with Crippen LogP contribution in [0.2, 0.25) is 0 Å². The van der Waals surface area contributed by atoms with E-state index in [4.69, 9.17) is 14.2 Å². The summed E-state index contributed by atoms with van der Waals surface area (Å²) >= 11 is 0. The van der Waals surface area contributed by atoms with Gasteiger partial charge in [0.05, 0.1) is 13.0 Å². The van der Waals surface area contributed by atoms with Gasteiger partial charge in [0.25, 0.3) is 0 Å². The average molecular weight is 829 g/mol. The van der Waals surface area contributed by atoms with Gasteiger partial charge in [-0.25, -0.2) is 0 Å². The minimum absolute atomic E-state index is 0.00751. The van der Waals surface area contributed by atoms with Crippen molar-refractivity contribution in [2.24, 2.45) is 0 Å². The third-order valence-electron chi connectivity index (χ3n) is 9.53. The molecule has 0 radical (unpaired) electrons. The van der Waals surface area contributed by atoms with Gasteiger partial charge in [-0.05, 0) is 89.9 Å². The van der Waals surface area contributed by atoms with Gasteiger partial charge in [-0.2, -0.15) is 0 Å². The summed E-state index contributed by atoms with van der Waals surface area (Å²) in [4.78, 5) is 25.2. The molecule has 0 aliphatic heterocycles. The molecule has 0 N–H and O–H groups in total. The quantitative estimate of drug-likeness (QED) is 0.0348. The fourth-order valence-electron chi connectivity index (χ4n) is 6.02. The first-order valence-electron chi connectivity index (χ1n) is 24.1. The van der Waals surface area contributed by atoms with Gasteiger partial charge in [0.2, 0.25) is 0 Å². The van der Waals surface area contributed by atoms with E-state index in [0.29, 0.717) is 13.0 Å². The Morgan fingerprint density at radius 3 is 1.25 bits per heavy atom. The van der Waals surface area contributed by atoms with E-state index in [2.05, 4.69) is 130 Å². The number of hydrogen-bond donors (Lipinski definition) is 0. The molecular formula is C55H88O5. The molecule has 5 heteroatoms. The van der Waals surface area contributed by atoms with E-state index in [0.717, 1.165) is 103 Å². The monoisotopic (exact) mass is 829 g/mol. The molecule has 1 atom stereocenters. The molecule has 0 fully saturated rings. The zero-order valence-corrected chi connectivity index (χ0v) is 38.7. The molecule has 0 amide bonds. The van der Waals surface area contributed by atoms with Crippen molar-refractivity contribution in [2.75, 3.05) is 19.8 Å². The zero-order chi connectivity index (χ0) is 43.5. The smallest absolute Gasteiger partial charge is 0.309 e. The molecule has 0 saturated heterocycles. The molecule has 5 nitrogen and oxygen atoms in total. The highest BCUT2D eigenvalue weighted by Crippen LogP contribution is 2.13. The van der Waals surface area contributed by atoms with E-state index >= 15 is 0 Å². The Morgan fingerprint density at radius 1 is 0.400 bits per heavy atom. The third-order valence-corrected chi connectivity index (χ3v) is 9.53. The highest BCUT2D eigenvalue weighted by Gasteiger charge is 2.17. The standard InChI is InChI=1S/C55H88O5/c1-4-7-10-13-16-19-22-24-26-27-28-30-32-35-38-41-44-47-50-58-51-53(60-55(57)49-46-43-40-37-33-21-18-15-12-9-6-3)52-59-54(56)48-45-42-39-36-34-31-29-25-23-20-17-14-11-8-5-2/h7-8,10-11,16-17,19-20,24-26,28-30,34-36,38,42,45,53H,4-6,9,12-15,18,21-23,27,31-33,37,39-41,43-44,46-52H2,1-3H3/b10-7-,11-8-,19-16-,20-17-,26-24-,29-25-,30-28-,36-34-,38-35-,45-42-. The molecule has 0 heterocycles. The van der Waals surface area contributed by atoms with Crippen LogP contribution in [0.5, 0.6) is 0 Å². The summed E-state index contributed by atoms with van der Waals surface area (Å²) in [7, 11) is 0. The van der Waals surface area contributed by atoms with Crippen LogP contribution >= 0.6 is 0 Å². The Balaban J connectivity index is 4.48. The van der Waals surface area contributed by atoms with Crippen molar-refractivity contribution in [1.29, 1.82) is 0 Å². The predicted octanol–water partition coefficient (Wildman–Crippen LogP) is 16.2. The van der Waals surface area contributed by atoms with Crippen LogP contribution in [-0.4, -0.2) is 37.9 Å². The van der Waals surface area contributed by atoms with Crippen molar-refractivity contribution in [3.63, 3.8) is 0 Å². The summed E-state index contributed by atoms with van der Waals surface area (Å²) < 4.78 is 17.2. The van der Waals surface area contributed by atoms with Gasteiger partial charge in [0, 0.05) is 13.0 Å². The molecule has 60 heavy (non-hydrogen) atoms. The molecule has 0 aromatic rings. The van der Waals surface area contributed by atoms with Gasteiger partial charge >= 0.3 is 11.9 Å². The first kappa shape index (κ1) is 56.3. The van der Waals surface area contributed by atoms with E-state index in [-0.39, 0.29) is 31.6 Å². The SMILES string of the molecule is CC/C=C\C/C=C\C/C=C\C/C=C\C/C=C\CCCCOCC(COC(=O)C/C=C\C/C=C\C/C=C\C/C=C\C/C=C\CC)OC(=O)CCCCCCCCCCCCC. The number of allylic oxidation sites excluding steroid dienone is 19. The van der Waals surface area contributed by atoms with Gasteiger partial charge in [-0.1, -0.05) is 206 Å². The second-order valence-corrected chi connectivity index (χ2v) is 15.3. The number of carbonyl (C=O) groups excluding carboxylic acids is 2. The van der Waals surface area contributed by atoms with Crippen molar-refractivity contribution in [1.82, 2.24) is 0 Å². The first-order valence-corrected chi connectivity index (χ1v) is 24.1. The highest BCUT2D eigenvalue weighted by molar-refractivity contribution is 5.71. The van der Waals surface area contributed by atoms with Crippen LogP contribution in [0, 0.1) is 0 Å². The highest BCUT2D eigenvalue weighted by atomic mass is 16.6. The maximum atomic E-state index is 12.7. The zero-order valence-electron chi connectivity index (χ0n) is 38.7. The van der Waals surface area contributed by atoms with Gasteiger partial charge in [-0.3, -0.25) is 9.59 Å². The maximum Gasteiger partial charge on any atom is 0.309 e. The van der Waals surface area contributed by atoms with Crippen molar-refractivity contribution >= 4 is 11.9 Å². The van der Waals surface area contributed by atoms with Crippen LogP contribution in [0.25, 0.3) is 0 Å². The minimum Gasteiger partial charge on any atom is -0.461 e. The van der Waals surface area contributed by atoms with Crippen LogP contribution in [0.1, 0.15) is 188 Å². The second kappa shape index (κ2) is 49.7. The number of carbonyl (C=O) groups is 2. The van der Waals surface area contributed by atoms with E-state index in [1.54, 1.807) is 0 Å². The molecule has 0 rings (SSSR count). The summed E-state index contributed by atoms with van der Waals surface area (Å²) in [6.07, 6.45) is 69.5. The van der Waals surface area contributed by atoms with Gasteiger partial charge in [0.1, 0.15) is 6.61 Å². The van der Waals surface area contributed by atoms with E-state index in [1.165, 1.54) is 51.4 Å². The molecule has 0 spiro atoms. The predicted molar refractivity (Wildman–Crippen MR) is 260 cm³/mol. The van der Waals surface area contributed by atoms with Crippen LogP contribution in [0.4, 0.5) is 0 Å². The van der Waals surface area contributed by atoms with Crippen molar-refractivity contribution < 1.29 is 23.8 Å². The molecule has 1 unspecified atom stereocenters. The number of hydrogen-bond acceptors (Lipinski definition) is 5. The number of rotatable bonds is 42. The first-order chi connectivity index (χ1) is 29.6. The van der Waals surface area contributed by atoms with Crippen LogP contribution in [0.15, 0.2) is 122 Å². The van der Waals surface area contributed by atoms with Crippen molar-refractivity contribution in [3.8, 4) is 0 Å². The average Bonchev–Trinajstić information content (AvgIpc) is 3.25. The summed E-state index contributed by atoms with van der Waals surface area (Å²) in [5.41, 5.74) is 0. The third kappa shape index (κ3) is 47.0. The summed E-state index contributed by atoms with van der Waals surface area (Å²) in [6, 6.07) is 0. The topological polar surface area (TPSA) is 61.8 Å². The number of unbranched alkanes of at least 4 members (excludes halogenated alkanes) is 12.